The number of carbonyl (C=O) groups excluding carboxylic acids is 1. The average Bonchev–Trinajstić information content (AvgIpc) is 2.38. The number of halogens is 1. The zero-order valence-corrected chi connectivity index (χ0v) is 11.5. The number of carbonyl (C=O) groups is 1. The van der Waals surface area contributed by atoms with Crippen molar-refractivity contribution in [3.8, 4) is 5.75 Å². The maximum absolute atomic E-state index is 11.8. The molecule has 19 heavy (non-hydrogen) atoms. The number of aryl methyl sites for hydroxylation is 1. The van der Waals surface area contributed by atoms with Crippen LogP contribution < -0.4 is 4.74 Å². The van der Waals surface area contributed by atoms with Gasteiger partial charge in [-0.2, -0.15) is 0 Å². The van der Waals surface area contributed by atoms with Crippen LogP contribution in [-0.2, 0) is 4.74 Å². The van der Waals surface area contributed by atoms with Crippen molar-refractivity contribution in [3.05, 3.63) is 22.9 Å². The lowest BCUT2D eigenvalue weighted by atomic mass is 10.2. The van der Waals surface area contributed by atoms with Crippen molar-refractivity contribution in [2.75, 3.05) is 13.7 Å². The van der Waals surface area contributed by atoms with Gasteiger partial charge in [0.2, 0.25) is 0 Å². The van der Waals surface area contributed by atoms with Gasteiger partial charge in [-0.05, 0) is 13.8 Å². The zero-order valence-electron chi connectivity index (χ0n) is 10.7. The molecule has 0 bridgehead atoms. The molecule has 0 saturated carbocycles. The largest absolute Gasteiger partial charge is 0.492 e. The molecule has 0 spiro atoms. The third-order valence-corrected chi connectivity index (χ3v) is 2.73. The number of nitrogens with zero attached hydrogens (tertiary/aromatic N) is 3. The highest BCUT2D eigenvalue weighted by Gasteiger charge is 2.22. The summed E-state index contributed by atoms with van der Waals surface area (Å²) in [7, 11) is 1.44. The number of fused-ring (bicyclic) bond motifs is 1. The van der Waals surface area contributed by atoms with Crippen molar-refractivity contribution in [2.45, 2.75) is 13.8 Å². The van der Waals surface area contributed by atoms with Crippen LogP contribution in [0.25, 0.3) is 10.9 Å². The predicted octanol–water partition coefficient (Wildman–Crippen LogP) is 2.17. The molecule has 7 heteroatoms. The fourth-order valence-electron chi connectivity index (χ4n) is 1.65. The minimum Gasteiger partial charge on any atom is -0.492 e. The van der Waals surface area contributed by atoms with E-state index in [0.29, 0.717) is 16.7 Å². The van der Waals surface area contributed by atoms with Crippen LogP contribution in [0.15, 0.2) is 6.20 Å². The molecule has 0 N–H and O–H groups in total. The summed E-state index contributed by atoms with van der Waals surface area (Å²) in [5.74, 6) is 0.186. The molecular formula is C12H12ClN3O3. The molecule has 0 radical (unpaired) electrons. The minimum atomic E-state index is -0.598. The van der Waals surface area contributed by atoms with Crippen molar-refractivity contribution in [1.29, 1.82) is 0 Å². The van der Waals surface area contributed by atoms with E-state index < -0.39 is 5.97 Å². The number of rotatable bonds is 3. The normalized spacial score (nSPS) is 10.5. The van der Waals surface area contributed by atoms with Crippen LogP contribution in [0.2, 0.25) is 5.15 Å². The van der Waals surface area contributed by atoms with Crippen LogP contribution >= 0.6 is 11.6 Å². The molecule has 0 unspecified atom stereocenters. The number of esters is 1. The van der Waals surface area contributed by atoms with Crippen molar-refractivity contribution in [1.82, 2.24) is 15.0 Å². The average molecular weight is 282 g/mol. The first-order chi connectivity index (χ1) is 9.08. The third-order valence-electron chi connectivity index (χ3n) is 2.44. The van der Waals surface area contributed by atoms with Gasteiger partial charge in [-0.1, -0.05) is 11.6 Å². The molecule has 2 rings (SSSR count). The van der Waals surface area contributed by atoms with Crippen molar-refractivity contribution in [2.24, 2.45) is 0 Å². The van der Waals surface area contributed by atoms with Gasteiger partial charge in [-0.3, -0.25) is 0 Å². The highest BCUT2D eigenvalue weighted by molar-refractivity contribution is 6.34. The lowest BCUT2D eigenvalue weighted by Gasteiger charge is -2.10. The molecule has 0 atom stereocenters. The Labute approximate surface area is 114 Å². The van der Waals surface area contributed by atoms with E-state index in [-0.39, 0.29) is 23.2 Å². The van der Waals surface area contributed by atoms with Gasteiger partial charge in [0.25, 0.3) is 0 Å². The van der Waals surface area contributed by atoms with E-state index in [9.17, 15) is 4.79 Å². The minimum absolute atomic E-state index is 0.0138. The molecule has 0 aromatic carbocycles. The Morgan fingerprint density at radius 1 is 1.42 bits per heavy atom. The first-order valence-electron chi connectivity index (χ1n) is 5.62. The third kappa shape index (κ3) is 2.44. The van der Waals surface area contributed by atoms with Crippen LogP contribution in [0.1, 0.15) is 23.2 Å². The lowest BCUT2D eigenvalue weighted by molar-refractivity contribution is 0.0516. The van der Waals surface area contributed by atoms with E-state index in [0.717, 1.165) is 0 Å². The SMILES string of the molecule is CCOC(=O)c1nc(Cl)c2cnc(C)nc2c1OC. The van der Waals surface area contributed by atoms with Crippen LogP contribution in [0.3, 0.4) is 0 Å². The number of hydrogen-bond acceptors (Lipinski definition) is 6. The van der Waals surface area contributed by atoms with Gasteiger partial charge >= 0.3 is 5.97 Å². The summed E-state index contributed by atoms with van der Waals surface area (Å²) < 4.78 is 10.1. The molecule has 2 aromatic heterocycles. The second kappa shape index (κ2) is 5.36. The second-order valence-electron chi connectivity index (χ2n) is 3.68. The Hall–Kier alpha value is -1.95. The second-order valence-corrected chi connectivity index (χ2v) is 4.04. The Bertz CT molecular complexity index is 646. The molecule has 0 amide bonds. The lowest BCUT2D eigenvalue weighted by Crippen LogP contribution is -2.10. The number of methoxy groups -OCH3 is 1. The fraction of sp³-hybridized carbons (Fsp3) is 0.333. The Balaban J connectivity index is 2.75. The summed E-state index contributed by atoms with van der Waals surface area (Å²) in [6, 6.07) is 0. The molecule has 2 aromatic rings. The summed E-state index contributed by atoms with van der Waals surface area (Å²) >= 11 is 6.03. The van der Waals surface area contributed by atoms with E-state index >= 15 is 0 Å². The summed E-state index contributed by atoms with van der Waals surface area (Å²) in [6.07, 6.45) is 1.55. The van der Waals surface area contributed by atoms with Gasteiger partial charge in [-0.15, -0.1) is 0 Å². The topological polar surface area (TPSA) is 74.2 Å². The van der Waals surface area contributed by atoms with Crippen molar-refractivity contribution in [3.63, 3.8) is 0 Å². The zero-order chi connectivity index (χ0) is 14.0. The summed E-state index contributed by atoms with van der Waals surface area (Å²) in [5.41, 5.74) is 0.456. The molecule has 0 aliphatic rings. The fourth-order valence-corrected chi connectivity index (χ4v) is 1.87. The van der Waals surface area contributed by atoms with Crippen LogP contribution in [0, 0.1) is 6.92 Å². The number of hydrogen-bond donors (Lipinski definition) is 0. The molecule has 6 nitrogen and oxygen atoms in total. The standard InChI is InChI=1S/C12H12ClN3O3/c1-4-19-12(17)9-10(18-3)8-7(11(13)16-9)5-14-6(2)15-8/h5H,4H2,1-3H3. The molecule has 0 saturated heterocycles. The van der Waals surface area contributed by atoms with Crippen LogP contribution in [-0.4, -0.2) is 34.6 Å². The molecule has 100 valence electrons. The van der Waals surface area contributed by atoms with E-state index in [2.05, 4.69) is 15.0 Å². The molecule has 2 heterocycles. The summed E-state index contributed by atoms with van der Waals surface area (Å²) in [5, 5.41) is 0.663. The summed E-state index contributed by atoms with van der Waals surface area (Å²) in [6.45, 7) is 3.68. The highest BCUT2D eigenvalue weighted by Crippen LogP contribution is 2.31. The first kappa shape index (κ1) is 13.5. The van der Waals surface area contributed by atoms with Crippen molar-refractivity contribution < 1.29 is 14.3 Å². The van der Waals surface area contributed by atoms with E-state index in [1.165, 1.54) is 7.11 Å². The highest BCUT2D eigenvalue weighted by atomic mass is 35.5. The maximum Gasteiger partial charge on any atom is 0.360 e. The van der Waals surface area contributed by atoms with Gasteiger partial charge in [-0.25, -0.2) is 19.7 Å². The van der Waals surface area contributed by atoms with Crippen molar-refractivity contribution >= 4 is 28.5 Å². The van der Waals surface area contributed by atoms with E-state index in [1.807, 2.05) is 0 Å². The van der Waals surface area contributed by atoms with Gasteiger partial charge in [0.1, 0.15) is 16.5 Å². The molecule has 0 aliphatic heterocycles. The van der Waals surface area contributed by atoms with Gasteiger partial charge in [0.15, 0.2) is 11.4 Å². The maximum atomic E-state index is 11.8. The van der Waals surface area contributed by atoms with E-state index in [4.69, 9.17) is 21.1 Å². The number of pyridine rings is 1. The van der Waals surface area contributed by atoms with Gasteiger partial charge in [0.05, 0.1) is 19.1 Å². The molecular weight excluding hydrogens is 270 g/mol. The Kier molecular flexibility index (Phi) is 3.80. The van der Waals surface area contributed by atoms with Gasteiger partial charge in [0, 0.05) is 6.20 Å². The Morgan fingerprint density at radius 3 is 2.79 bits per heavy atom. The predicted molar refractivity (Wildman–Crippen MR) is 69.6 cm³/mol. The quantitative estimate of drug-likeness (QED) is 0.634. The number of aromatic nitrogens is 3. The monoisotopic (exact) mass is 281 g/mol. The molecule has 0 fully saturated rings. The Morgan fingerprint density at radius 2 is 2.16 bits per heavy atom. The first-order valence-corrected chi connectivity index (χ1v) is 6.00. The smallest absolute Gasteiger partial charge is 0.360 e. The molecule has 0 aliphatic carbocycles. The van der Waals surface area contributed by atoms with E-state index in [1.54, 1.807) is 20.0 Å². The van der Waals surface area contributed by atoms with Gasteiger partial charge < -0.3 is 9.47 Å². The van der Waals surface area contributed by atoms with Crippen LogP contribution in [0.5, 0.6) is 5.75 Å². The number of ether oxygens (including phenoxy) is 2. The van der Waals surface area contributed by atoms with Crippen LogP contribution in [0.4, 0.5) is 0 Å². The summed E-state index contributed by atoms with van der Waals surface area (Å²) in [4.78, 5) is 24.1.